The van der Waals surface area contributed by atoms with Gasteiger partial charge in [0.2, 0.25) is 5.66 Å². The van der Waals surface area contributed by atoms with Gasteiger partial charge in [-0.05, 0) is 0 Å². The maximum atomic E-state index is 11.5. The topological polar surface area (TPSA) is 300 Å². The second-order valence-corrected chi connectivity index (χ2v) is 8.85. The predicted molar refractivity (Wildman–Crippen MR) is 92.6 cm³/mol. The summed E-state index contributed by atoms with van der Waals surface area (Å²) in [6.45, 7) is -1.60. The number of aliphatic hydroxyl groups is 2. The lowest BCUT2D eigenvalue weighted by atomic mass is 9.86. The minimum atomic E-state index is -5.18. The fourth-order valence-corrected chi connectivity index (χ4v) is 4.49. The van der Waals surface area contributed by atoms with Crippen LogP contribution >= 0.6 is 0 Å². The van der Waals surface area contributed by atoms with E-state index in [1.807, 2.05) is 0 Å². The van der Waals surface area contributed by atoms with E-state index < -0.39 is 81.5 Å². The van der Waals surface area contributed by atoms with Crippen molar-refractivity contribution in [1.82, 2.24) is 15.1 Å². The van der Waals surface area contributed by atoms with Gasteiger partial charge in [-0.3, -0.25) is 14.8 Å². The lowest BCUT2D eigenvalue weighted by Crippen LogP contribution is -2.78. The molecule has 19 nitrogen and oxygen atoms in total. The van der Waals surface area contributed by atoms with Gasteiger partial charge in [0.25, 0.3) is 5.79 Å². The summed E-state index contributed by atoms with van der Waals surface area (Å²) in [6.07, 6.45) is -3.72. The fourth-order valence-electron chi connectivity index (χ4n) is 3.73. The van der Waals surface area contributed by atoms with Crippen molar-refractivity contribution in [2.24, 2.45) is 16.5 Å². The molecule has 1 amide bonds. The molecule has 0 aromatic heterocycles. The lowest BCUT2D eigenvalue weighted by Gasteiger charge is -2.44. The van der Waals surface area contributed by atoms with Crippen molar-refractivity contribution in [2.75, 3.05) is 13.2 Å². The van der Waals surface area contributed by atoms with Crippen LogP contribution in [-0.4, -0.2) is 112 Å². The molecule has 11 N–H and O–H groups in total. The molecule has 1 fully saturated rings. The van der Waals surface area contributed by atoms with Crippen LogP contribution in [0.4, 0.5) is 4.79 Å². The number of carbonyl (C=O) groups excluding carboxylic acids is 1. The normalized spacial score (nSPS) is 32.1. The number of ether oxygens (including phenoxy) is 1. The number of nitrogens with zero attached hydrogens (tertiary/aromatic N) is 3. The summed E-state index contributed by atoms with van der Waals surface area (Å²) in [5, 5.41) is 34.6. The molecule has 0 aromatic carbocycles. The number of hydrogen-bond acceptors (Lipinski definition) is 15. The van der Waals surface area contributed by atoms with E-state index in [0.717, 1.165) is 9.30 Å². The van der Waals surface area contributed by atoms with E-state index in [1.165, 1.54) is 0 Å². The second-order valence-electron chi connectivity index (χ2n) is 6.65. The van der Waals surface area contributed by atoms with E-state index in [9.17, 15) is 37.1 Å². The molecule has 0 bridgehead atoms. The van der Waals surface area contributed by atoms with Gasteiger partial charge in [0.1, 0.15) is 13.2 Å². The van der Waals surface area contributed by atoms with Gasteiger partial charge in [-0.1, -0.05) is 0 Å². The van der Waals surface area contributed by atoms with Crippen LogP contribution in [0.15, 0.2) is 4.99 Å². The van der Waals surface area contributed by atoms with Crippen molar-refractivity contribution in [2.45, 2.75) is 29.6 Å². The molecule has 176 valence electrons. The minimum absolute atomic E-state index is 0.277. The predicted octanol–water partition coefficient (Wildman–Crippen LogP) is -6.22. The van der Waals surface area contributed by atoms with Gasteiger partial charge in [-0.15, -0.1) is 5.06 Å². The van der Waals surface area contributed by atoms with E-state index in [1.54, 1.807) is 0 Å². The summed E-state index contributed by atoms with van der Waals surface area (Å²) in [4.78, 5) is 15.4. The maximum Gasteiger partial charge on any atom is 0.422 e. The Kier molecular flexibility index (Phi) is 5.22. The largest absolute Gasteiger partial charge is 0.445 e. The van der Waals surface area contributed by atoms with E-state index in [-0.39, 0.29) is 5.06 Å². The van der Waals surface area contributed by atoms with E-state index in [2.05, 4.69) is 19.2 Å². The third-order valence-corrected chi connectivity index (χ3v) is 5.73. The van der Waals surface area contributed by atoms with Gasteiger partial charge >= 0.3 is 32.8 Å². The average Bonchev–Trinajstić information content (AvgIpc) is 3.02. The van der Waals surface area contributed by atoms with Crippen LogP contribution in [0.1, 0.15) is 0 Å². The Morgan fingerprint density at radius 2 is 1.94 bits per heavy atom. The monoisotopic (exact) mass is 492 g/mol. The molecule has 21 heteroatoms. The van der Waals surface area contributed by atoms with Gasteiger partial charge in [-0.25, -0.2) is 23.8 Å². The number of amides is 1. The average molecular weight is 492 g/mol. The number of aliphatic imine (C=N–C) groups is 1. The smallest absolute Gasteiger partial charge is 0.422 e. The standard InChI is InChI=1S/C10H17N7O12S2/c11-6-13-5-3(2-28-8(18)15-30(22,23)24)17(21)7(12)16-1-4(29-31(25,26)27)10(19,20)9(5,16)14-6/h3-5,12,19-21H,1-2H2,(H6,11,13,14,15,18,22,23,24,25,26,27)/p+1/t3-,4+,5-,9-/m0/s1. The van der Waals surface area contributed by atoms with Crippen molar-refractivity contribution < 1.29 is 59.7 Å². The Balaban J connectivity index is 1.99. The number of rotatable bonds is 5. The molecule has 31 heavy (non-hydrogen) atoms. The SMILES string of the molecule is NC1=N[C@H]2[C@H](COC(=O)NS(=O)(=O)O)N(O)C(N)=[N+]3C[C@@H](OS(=O)(=O)O)C(O)(O)[C@]23N1. The van der Waals surface area contributed by atoms with Gasteiger partial charge in [-0.2, -0.15) is 21.6 Å². The number of nitrogens with two attached hydrogens (primary N) is 2. The summed E-state index contributed by atoms with van der Waals surface area (Å²) >= 11 is 0. The van der Waals surface area contributed by atoms with E-state index in [4.69, 9.17) is 20.6 Å². The maximum absolute atomic E-state index is 11.5. The highest BCUT2D eigenvalue weighted by Gasteiger charge is 2.77. The molecule has 4 atom stereocenters. The first kappa shape index (κ1) is 23.1. The molecule has 3 aliphatic heterocycles. The van der Waals surface area contributed by atoms with Crippen molar-refractivity contribution in [1.29, 1.82) is 0 Å². The number of hydroxylamine groups is 2. The van der Waals surface area contributed by atoms with Crippen molar-refractivity contribution in [3.8, 4) is 0 Å². The molecule has 1 spiro atoms. The van der Waals surface area contributed by atoms with Gasteiger partial charge in [0, 0.05) is 0 Å². The Hall–Kier alpha value is -2.53. The third-order valence-electron chi connectivity index (χ3n) is 4.83. The molecule has 3 rings (SSSR count). The summed E-state index contributed by atoms with van der Waals surface area (Å²) in [6, 6.07) is -3.09. The Morgan fingerprint density at radius 1 is 1.32 bits per heavy atom. The van der Waals surface area contributed by atoms with Crippen molar-refractivity contribution in [3.63, 3.8) is 0 Å². The minimum Gasteiger partial charge on any atom is -0.445 e. The van der Waals surface area contributed by atoms with Crippen LogP contribution in [0.2, 0.25) is 0 Å². The first-order valence-electron chi connectivity index (χ1n) is 8.01. The highest BCUT2D eigenvalue weighted by atomic mass is 32.3. The van der Waals surface area contributed by atoms with Crippen LogP contribution in [-0.2, 0) is 29.6 Å². The molecule has 1 saturated heterocycles. The number of hydrogen-bond donors (Lipinski definition) is 9. The van der Waals surface area contributed by atoms with Crippen molar-refractivity contribution >= 4 is 38.7 Å². The van der Waals surface area contributed by atoms with Crippen LogP contribution < -0.4 is 21.5 Å². The molecule has 0 unspecified atom stereocenters. The molecule has 3 aliphatic rings. The van der Waals surface area contributed by atoms with Gasteiger partial charge in [0.05, 0.1) is 0 Å². The quantitative estimate of drug-likeness (QED) is 0.0978. The Morgan fingerprint density at radius 3 is 2.48 bits per heavy atom. The summed E-state index contributed by atoms with van der Waals surface area (Å²) in [5.41, 5.74) is 9.17. The summed E-state index contributed by atoms with van der Waals surface area (Å²) in [5.74, 6) is -4.24. The highest BCUT2D eigenvalue weighted by molar-refractivity contribution is 7.84. The molecular formula is C10H18N7O12S2+. The molecule has 0 aromatic rings. The first-order chi connectivity index (χ1) is 14.0. The molecule has 0 radical (unpaired) electrons. The number of carbonyl (C=O) groups is 1. The van der Waals surface area contributed by atoms with E-state index in [0.29, 0.717) is 0 Å². The van der Waals surface area contributed by atoms with Crippen LogP contribution in [0, 0.1) is 0 Å². The Labute approximate surface area is 173 Å². The second kappa shape index (κ2) is 6.99. The highest BCUT2D eigenvalue weighted by Crippen LogP contribution is 2.44. The van der Waals surface area contributed by atoms with Gasteiger partial charge < -0.3 is 26.0 Å². The molecular weight excluding hydrogens is 474 g/mol. The third kappa shape index (κ3) is 3.80. The molecule has 0 aliphatic carbocycles. The van der Waals surface area contributed by atoms with Crippen LogP contribution in [0.5, 0.6) is 0 Å². The Bertz CT molecular complexity index is 1070. The zero-order valence-electron chi connectivity index (χ0n) is 15.1. The van der Waals surface area contributed by atoms with Crippen LogP contribution in [0.25, 0.3) is 0 Å². The number of nitrogens with one attached hydrogen (secondary N) is 2. The summed E-state index contributed by atoms with van der Waals surface area (Å²) < 4.78 is 72.0. The van der Waals surface area contributed by atoms with Crippen LogP contribution in [0.3, 0.4) is 0 Å². The fraction of sp³-hybridized carbons (Fsp3) is 0.700. The van der Waals surface area contributed by atoms with E-state index >= 15 is 0 Å². The van der Waals surface area contributed by atoms with Gasteiger partial charge in [0.15, 0.2) is 24.1 Å². The molecule has 3 heterocycles. The lowest BCUT2D eigenvalue weighted by molar-refractivity contribution is -0.632. The van der Waals surface area contributed by atoms with Crippen molar-refractivity contribution in [3.05, 3.63) is 0 Å². The number of guanidine groups is 2. The zero-order valence-corrected chi connectivity index (χ0v) is 16.7. The summed E-state index contributed by atoms with van der Waals surface area (Å²) in [7, 11) is -10.1. The molecule has 0 saturated carbocycles. The first-order valence-corrected chi connectivity index (χ1v) is 10.8. The zero-order chi connectivity index (χ0) is 23.6.